The highest BCUT2D eigenvalue weighted by Crippen LogP contribution is 2.33. The first-order chi connectivity index (χ1) is 14.4. The molecule has 0 spiro atoms. The lowest BCUT2D eigenvalue weighted by atomic mass is 9.94. The first kappa shape index (κ1) is 22.3. The van der Waals surface area contributed by atoms with E-state index in [1.165, 1.54) is 36.6 Å². The van der Waals surface area contributed by atoms with E-state index >= 15 is 0 Å². The van der Waals surface area contributed by atoms with Crippen molar-refractivity contribution in [2.75, 3.05) is 0 Å². The largest absolute Gasteiger partial charge is 0.534 e. The Morgan fingerprint density at radius 2 is 1.68 bits per heavy atom. The molecule has 11 heteroatoms. The van der Waals surface area contributed by atoms with E-state index in [-0.39, 0.29) is 22.1 Å². The van der Waals surface area contributed by atoms with Crippen LogP contribution in [-0.2, 0) is 14.9 Å². The number of halogens is 3. The number of hydrogen-bond acceptors (Lipinski definition) is 7. The van der Waals surface area contributed by atoms with Crippen LogP contribution in [0.25, 0.3) is 11.0 Å². The summed E-state index contributed by atoms with van der Waals surface area (Å²) in [6.45, 7) is 3.20. The van der Waals surface area contributed by atoms with Gasteiger partial charge in [0.05, 0.1) is 23.5 Å². The molecule has 0 aliphatic rings. The molecule has 7 nitrogen and oxygen atoms in total. The maximum absolute atomic E-state index is 13.3. The molecule has 0 amide bonds. The fourth-order valence-corrected chi connectivity index (χ4v) is 3.24. The van der Waals surface area contributed by atoms with Crippen molar-refractivity contribution in [1.82, 2.24) is 0 Å². The second-order valence-electron chi connectivity index (χ2n) is 6.58. The lowest BCUT2D eigenvalue weighted by Crippen LogP contribution is -2.28. The highest BCUT2D eigenvalue weighted by atomic mass is 32.2. The monoisotopic (exact) mass is 456 g/mol. The fourth-order valence-electron chi connectivity index (χ4n) is 2.76. The first-order valence-corrected chi connectivity index (χ1v) is 10.2. The van der Waals surface area contributed by atoms with Crippen LogP contribution < -0.4 is 4.18 Å². The molecule has 0 bridgehead atoms. The molecule has 0 saturated carbocycles. The van der Waals surface area contributed by atoms with Gasteiger partial charge in [-0.25, -0.2) is 4.79 Å². The predicted octanol–water partition coefficient (Wildman–Crippen LogP) is 4.46. The molecule has 2 aromatic carbocycles. The van der Waals surface area contributed by atoms with Crippen LogP contribution in [0, 0.1) is 0 Å². The van der Waals surface area contributed by atoms with Crippen LogP contribution in [0.4, 0.5) is 13.2 Å². The van der Waals surface area contributed by atoms with Crippen molar-refractivity contribution in [3.8, 4) is 5.75 Å². The highest BCUT2D eigenvalue weighted by Gasteiger charge is 2.49. The van der Waals surface area contributed by atoms with E-state index in [1.54, 1.807) is 13.8 Å². The highest BCUT2D eigenvalue weighted by molar-refractivity contribution is 7.88. The van der Waals surface area contributed by atoms with Crippen molar-refractivity contribution >= 4 is 32.8 Å². The third-order valence-corrected chi connectivity index (χ3v) is 5.01. The third kappa shape index (κ3) is 4.41. The van der Waals surface area contributed by atoms with Gasteiger partial charge in [-0.05, 0) is 44.2 Å². The van der Waals surface area contributed by atoms with Crippen LogP contribution in [0.1, 0.15) is 40.1 Å². The average molecular weight is 456 g/mol. The Morgan fingerprint density at radius 3 is 2.32 bits per heavy atom. The van der Waals surface area contributed by atoms with Gasteiger partial charge in [-0.15, -0.1) is 0 Å². The minimum Gasteiger partial charge on any atom is -0.464 e. The first-order valence-electron chi connectivity index (χ1n) is 8.78. The lowest BCUT2D eigenvalue weighted by molar-refractivity contribution is -0.0500. The summed E-state index contributed by atoms with van der Waals surface area (Å²) in [6, 6.07) is 8.59. The smallest absolute Gasteiger partial charge is 0.464 e. The number of benzene rings is 2. The van der Waals surface area contributed by atoms with Gasteiger partial charge >= 0.3 is 21.6 Å². The normalized spacial score (nSPS) is 12.2. The molecule has 3 aromatic rings. The number of hydrogen-bond donors (Lipinski definition) is 0. The molecule has 0 saturated heterocycles. The SMILES string of the molecule is CC(C)OC(=O)c1ccc2occc2c1C(=O)c1ccccc1OS(=O)(=O)C(F)(F)F. The van der Waals surface area contributed by atoms with Crippen LogP contribution >= 0.6 is 0 Å². The summed E-state index contributed by atoms with van der Waals surface area (Å²) >= 11 is 0. The van der Waals surface area contributed by atoms with E-state index in [9.17, 15) is 31.2 Å². The minimum absolute atomic E-state index is 0.166. The maximum atomic E-state index is 13.3. The van der Waals surface area contributed by atoms with Gasteiger partial charge in [0.25, 0.3) is 0 Å². The summed E-state index contributed by atoms with van der Waals surface area (Å²) < 4.78 is 75.8. The second-order valence-corrected chi connectivity index (χ2v) is 8.12. The average Bonchev–Trinajstić information content (AvgIpc) is 3.14. The Balaban J connectivity index is 2.17. The summed E-state index contributed by atoms with van der Waals surface area (Å²) in [5.41, 5.74) is -6.35. The lowest BCUT2D eigenvalue weighted by Gasteiger charge is -2.15. The maximum Gasteiger partial charge on any atom is 0.534 e. The van der Waals surface area contributed by atoms with Gasteiger partial charge < -0.3 is 13.3 Å². The number of ketones is 1. The predicted molar refractivity (Wildman–Crippen MR) is 102 cm³/mol. The number of para-hydroxylation sites is 1. The van der Waals surface area contributed by atoms with Crippen molar-refractivity contribution in [1.29, 1.82) is 0 Å². The molecule has 3 rings (SSSR count). The number of furan rings is 1. The van der Waals surface area contributed by atoms with Crippen molar-refractivity contribution in [3.63, 3.8) is 0 Å². The third-order valence-electron chi connectivity index (χ3n) is 4.04. The molecular formula is C20H15F3O7S. The van der Waals surface area contributed by atoms with Gasteiger partial charge in [0.1, 0.15) is 5.58 Å². The number of carbonyl (C=O) groups is 2. The van der Waals surface area contributed by atoms with Crippen molar-refractivity contribution in [2.45, 2.75) is 25.5 Å². The van der Waals surface area contributed by atoms with E-state index < -0.39 is 44.8 Å². The van der Waals surface area contributed by atoms with Gasteiger partial charge in [-0.3, -0.25) is 4.79 Å². The van der Waals surface area contributed by atoms with Crippen molar-refractivity contribution < 1.29 is 44.5 Å². The van der Waals surface area contributed by atoms with E-state index in [4.69, 9.17) is 9.15 Å². The van der Waals surface area contributed by atoms with Gasteiger partial charge in [0.15, 0.2) is 11.5 Å². The molecule has 0 aliphatic carbocycles. The Kier molecular flexibility index (Phi) is 5.81. The number of alkyl halides is 3. The zero-order valence-corrected chi connectivity index (χ0v) is 16.9. The van der Waals surface area contributed by atoms with Gasteiger partial charge in [-0.2, -0.15) is 21.6 Å². The van der Waals surface area contributed by atoms with E-state index in [2.05, 4.69) is 4.18 Å². The molecule has 31 heavy (non-hydrogen) atoms. The van der Waals surface area contributed by atoms with Crippen LogP contribution in [0.2, 0.25) is 0 Å². The second kappa shape index (κ2) is 8.06. The number of esters is 1. The zero-order chi connectivity index (χ0) is 23.0. The summed E-state index contributed by atoms with van der Waals surface area (Å²) in [5, 5.41) is 0.191. The van der Waals surface area contributed by atoms with Gasteiger partial charge in [0, 0.05) is 10.9 Å². The van der Waals surface area contributed by atoms with Crippen LogP contribution in [0.15, 0.2) is 53.1 Å². The minimum atomic E-state index is -6.03. The molecule has 0 aliphatic heterocycles. The Morgan fingerprint density at radius 1 is 1.00 bits per heavy atom. The summed E-state index contributed by atoms with van der Waals surface area (Å²) in [4.78, 5) is 25.9. The van der Waals surface area contributed by atoms with E-state index in [1.807, 2.05) is 0 Å². The fraction of sp³-hybridized carbons (Fsp3) is 0.200. The number of rotatable bonds is 6. The van der Waals surface area contributed by atoms with Crippen LogP contribution in [-0.4, -0.2) is 31.8 Å². The molecular weight excluding hydrogens is 441 g/mol. The summed E-state index contributed by atoms with van der Waals surface area (Å²) in [7, 11) is -6.03. The molecule has 1 aromatic heterocycles. The molecule has 1 heterocycles. The Hall–Kier alpha value is -3.34. The topological polar surface area (TPSA) is 99.9 Å². The van der Waals surface area contributed by atoms with E-state index in [0.29, 0.717) is 0 Å². The molecule has 0 fully saturated rings. The quantitative estimate of drug-likeness (QED) is 0.234. The summed E-state index contributed by atoms with van der Waals surface area (Å²) in [5.74, 6) is -2.63. The van der Waals surface area contributed by atoms with Crippen LogP contribution in [0.5, 0.6) is 5.75 Å². The molecule has 0 atom stereocenters. The Labute approximate surface area is 174 Å². The number of ether oxygens (including phenoxy) is 1. The standard InChI is InChI=1S/C20H15F3O7S/c1-11(2)29-19(25)14-7-8-15-12(9-10-28-15)17(14)18(24)13-5-3-4-6-16(13)30-31(26,27)20(21,22)23/h3-11H,1-2H3. The van der Waals surface area contributed by atoms with Gasteiger partial charge in [-0.1, -0.05) is 12.1 Å². The number of fused-ring (bicyclic) bond motifs is 1. The molecule has 0 unspecified atom stereocenters. The molecule has 0 radical (unpaired) electrons. The molecule has 0 N–H and O–H groups in total. The van der Waals surface area contributed by atoms with E-state index in [0.717, 1.165) is 12.1 Å². The van der Waals surface area contributed by atoms with Crippen molar-refractivity contribution in [2.24, 2.45) is 0 Å². The van der Waals surface area contributed by atoms with Crippen molar-refractivity contribution in [3.05, 3.63) is 65.4 Å². The van der Waals surface area contributed by atoms with Gasteiger partial charge in [0.2, 0.25) is 0 Å². The zero-order valence-electron chi connectivity index (χ0n) is 16.1. The van der Waals surface area contributed by atoms with Crippen LogP contribution in [0.3, 0.4) is 0 Å². The summed E-state index contributed by atoms with van der Waals surface area (Å²) in [6.07, 6.45) is 0.748. The molecule has 164 valence electrons. The number of carbonyl (C=O) groups excluding carboxylic acids is 2. The Bertz CT molecular complexity index is 1260.